The molecule has 0 saturated carbocycles. The molecule has 1 atom stereocenters. The van der Waals surface area contributed by atoms with Crippen LogP contribution in [-0.2, 0) is 11.2 Å². The second-order valence-electron chi connectivity index (χ2n) is 9.13. The van der Waals surface area contributed by atoms with E-state index in [1.54, 1.807) is 12.3 Å². The number of hydrogen-bond donors (Lipinski definition) is 2. The molecular weight excluding hydrogens is 433 g/mol. The van der Waals surface area contributed by atoms with E-state index < -0.39 is 5.82 Å². The van der Waals surface area contributed by atoms with Crippen LogP contribution in [-0.4, -0.2) is 48.2 Å². The summed E-state index contributed by atoms with van der Waals surface area (Å²) in [5, 5.41) is 2.73. The molecule has 0 radical (unpaired) electrons. The maximum atomic E-state index is 15.0. The van der Waals surface area contributed by atoms with Crippen LogP contribution in [0, 0.1) is 11.7 Å². The molecule has 1 amide bonds. The molecule has 3 aromatic rings. The van der Waals surface area contributed by atoms with Gasteiger partial charge in [0.05, 0.1) is 24.6 Å². The number of aromatic nitrogens is 2. The van der Waals surface area contributed by atoms with Crippen LogP contribution in [0.5, 0.6) is 0 Å². The number of anilines is 2. The van der Waals surface area contributed by atoms with Gasteiger partial charge >= 0.3 is 0 Å². The van der Waals surface area contributed by atoms with E-state index in [9.17, 15) is 9.18 Å². The maximum absolute atomic E-state index is 15.0. The smallest absolute Gasteiger partial charge is 0.251 e. The lowest BCUT2D eigenvalue weighted by atomic mass is 9.96. The molecule has 34 heavy (non-hydrogen) atoms. The number of carbonyl (C=O) groups excluding carboxylic acids is 1. The SMILES string of the molecule is CC(C)[C@H]1CN(c2ccc(-c3cnc(N)c(-c4cc5c(cc4F)C(=O)NCC5)n3)cc2)CCO1. The fourth-order valence-corrected chi connectivity index (χ4v) is 4.52. The summed E-state index contributed by atoms with van der Waals surface area (Å²) in [5.41, 5.74) is 10.4. The fourth-order valence-electron chi connectivity index (χ4n) is 4.52. The minimum atomic E-state index is -0.545. The van der Waals surface area contributed by atoms with Crippen molar-refractivity contribution in [1.82, 2.24) is 15.3 Å². The molecule has 1 saturated heterocycles. The lowest BCUT2D eigenvalue weighted by Gasteiger charge is -2.36. The van der Waals surface area contributed by atoms with Gasteiger partial charge in [0, 0.05) is 42.0 Å². The summed E-state index contributed by atoms with van der Waals surface area (Å²) in [5.74, 6) is -0.202. The van der Waals surface area contributed by atoms with E-state index in [-0.39, 0.29) is 29.1 Å². The molecular formula is C26H28FN5O2. The Hall–Kier alpha value is -3.52. The van der Waals surface area contributed by atoms with E-state index in [4.69, 9.17) is 10.5 Å². The van der Waals surface area contributed by atoms with Crippen molar-refractivity contribution in [1.29, 1.82) is 0 Å². The van der Waals surface area contributed by atoms with Crippen LogP contribution in [0.4, 0.5) is 15.9 Å². The summed E-state index contributed by atoms with van der Waals surface area (Å²) in [6.45, 7) is 7.29. The summed E-state index contributed by atoms with van der Waals surface area (Å²) in [4.78, 5) is 23.3. The summed E-state index contributed by atoms with van der Waals surface area (Å²) < 4.78 is 20.9. The Bertz CT molecular complexity index is 1230. The highest BCUT2D eigenvalue weighted by Crippen LogP contribution is 2.32. The van der Waals surface area contributed by atoms with Gasteiger partial charge in [0.15, 0.2) is 0 Å². The maximum Gasteiger partial charge on any atom is 0.251 e. The Balaban J connectivity index is 1.44. The number of benzene rings is 2. The predicted octanol–water partition coefficient (Wildman–Crippen LogP) is 3.68. The van der Waals surface area contributed by atoms with Crippen molar-refractivity contribution >= 4 is 17.4 Å². The van der Waals surface area contributed by atoms with Crippen LogP contribution in [0.25, 0.3) is 22.5 Å². The Kier molecular flexibility index (Phi) is 5.91. The average molecular weight is 462 g/mol. The monoisotopic (exact) mass is 461 g/mol. The number of morpholine rings is 1. The molecule has 0 unspecified atom stereocenters. The van der Waals surface area contributed by atoms with Gasteiger partial charge in [-0.05, 0) is 42.2 Å². The number of nitrogens with two attached hydrogens (primary N) is 1. The highest BCUT2D eigenvalue weighted by molar-refractivity contribution is 5.97. The largest absolute Gasteiger partial charge is 0.382 e. The van der Waals surface area contributed by atoms with Gasteiger partial charge in [0.2, 0.25) is 0 Å². The molecule has 7 nitrogen and oxygen atoms in total. The van der Waals surface area contributed by atoms with E-state index in [1.807, 2.05) is 12.1 Å². The van der Waals surface area contributed by atoms with Gasteiger partial charge in [0.1, 0.15) is 17.3 Å². The zero-order chi connectivity index (χ0) is 23.8. The van der Waals surface area contributed by atoms with Crippen LogP contribution < -0.4 is 16.0 Å². The van der Waals surface area contributed by atoms with Crippen molar-refractivity contribution in [2.24, 2.45) is 5.92 Å². The summed E-state index contributed by atoms with van der Waals surface area (Å²) in [6.07, 6.45) is 2.44. The first kappa shape index (κ1) is 22.3. The van der Waals surface area contributed by atoms with Gasteiger partial charge in [-0.15, -0.1) is 0 Å². The molecule has 5 rings (SSSR count). The van der Waals surface area contributed by atoms with Crippen LogP contribution in [0.1, 0.15) is 29.8 Å². The summed E-state index contributed by atoms with van der Waals surface area (Å²) in [6, 6.07) is 11.0. The molecule has 1 fully saturated rings. The zero-order valence-electron chi connectivity index (χ0n) is 19.3. The third kappa shape index (κ3) is 4.21. The predicted molar refractivity (Wildman–Crippen MR) is 130 cm³/mol. The first-order chi connectivity index (χ1) is 16.4. The number of hydrogen-bond acceptors (Lipinski definition) is 6. The number of amides is 1. The van der Waals surface area contributed by atoms with E-state index in [0.29, 0.717) is 36.7 Å². The topological polar surface area (TPSA) is 93.4 Å². The molecule has 2 aliphatic heterocycles. The summed E-state index contributed by atoms with van der Waals surface area (Å²) in [7, 11) is 0. The van der Waals surface area contributed by atoms with Crippen molar-refractivity contribution < 1.29 is 13.9 Å². The number of nitrogen functional groups attached to an aromatic ring is 1. The minimum absolute atomic E-state index is 0.146. The van der Waals surface area contributed by atoms with Crippen molar-refractivity contribution in [3.8, 4) is 22.5 Å². The Morgan fingerprint density at radius 2 is 2.00 bits per heavy atom. The van der Waals surface area contributed by atoms with Gasteiger partial charge in [-0.1, -0.05) is 26.0 Å². The third-order valence-electron chi connectivity index (χ3n) is 6.54. The van der Waals surface area contributed by atoms with Gasteiger partial charge in [-0.3, -0.25) is 4.79 Å². The first-order valence-corrected chi connectivity index (χ1v) is 11.6. The van der Waals surface area contributed by atoms with Crippen molar-refractivity contribution in [2.75, 3.05) is 36.9 Å². The standard InChI is InChI=1S/C26H28FN5O2/c1-15(2)23-14-32(9-10-34-23)18-5-3-16(4-6-18)22-13-30-25(28)24(31-22)20-11-17-7-8-29-26(33)19(17)12-21(20)27/h3-6,11-13,15,23H,7-10,14H2,1-2H3,(H2,28,30)(H,29,33)/t23-/m1/s1. The van der Waals surface area contributed by atoms with Gasteiger partial charge in [-0.25, -0.2) is 14.4 Å². The average Bonchev–Trinajstić information content (AvgIpc) is 2.85. The molecule has 3 heterocycles. The Morgan fingerprint density at radius 1 is 1.21 bits per heavy atom. The van der Waals surface area contributed by atoms with Gasteiger partial charge < -0.3 is 20.7 Å². The molecule has 176 valence electrons. The van der Waals surface area contributed by atoms with Gasteiger partial charge in [0.25, 0.3) is 5.91 Å². The Morgan fingerprint density at radius 3 is 2.76 bits per heavy atom. The van der Waals surface area contributed by atoms with E-state index in [0.717, 1.165) is 29.9 Å². The normalized spacial score (nSPS) is 18.1. The summed E-state index contributed by atoms with van der Waals surface area (Å²) >= 11 is 0. The highest BCUT2D eigenvalue weighted by atomic mass is 19.1. The lowest BCUT2D eigenvalue weighted by Crippen LogP contribution is -2.44. The van der Waals surface area contributed by atoms with Crippen LogP contribution >= 0.6 is 0 Å². The van der Waals surface area contributed by atoms with Crippen molar-refractivity contribution in [2.45, 2.75) is 26.4 Å². The molecule has 0 bridgehead atoms. The number of nitrogens with one attached hydrogen (secondary N) is 1. The minimum Gasteiger partial charge on any atom is -0.382 e. The third-order valence-corrected chi connectivity index (χ3v) is 6.54. The van der Waals surface area contributed by atoms with E-state index >= 15 is 0 Å². The second-order valence-corrected chi connectivity index (χ2v) is 9.13. The van der Waals surface area contributed by atoms with E-state index in [1.165, 1.54) is 6.07 Å². The van der Waals surface area contributed by atoms with Crippen LogP contribution in [0.2, 0.25) is 0 Å². The number of carbonyl (C=O) groups is 1. The lowest BCUT2D eigenvalue weighted by molar-refractivity contribution is 0.0114. The highest BCUT2D eigenvalue weighted by Gasteiger charge is 2.24. The first-order valence-electron chi connectivity index (χ1n) is 11.6. The van der Waals surface area contributed by atoms with Crippen molar-refractivity contribution in [3.05, 3.63) is 59.5 Å². The molecule has 3 N–H and O–H groups in total. The number of nitrogens with zero attached hydrogens (tertiary/aromatic N) is 3. The van der Waals surface area contributed by atoms with E-state index in [2.05, 4.69) is 46.2 Å². The van der Waals surface area contributed by atoms with Crippen LogP contribution in [0.15, 0.2) is 42.6 Å². The van der Waals surface area contributed by atoms with Gasteiger partial charge in [-0.2, -0.15) is 0 Å². The number of fused-ring (bicyclic) bond motifs is 1. The number of ether oxygens (including phenoxy) is 1. The molecule has 0 aliphatic carbocycles. The second kappa shape index (κ2) is 9.02. The molecule has 1 aromatic heterocycles. The molecule has 2 aliphatic rings. The van der Waals surface area contributed by atoms with Crippen molar-refractivity contribution in [3.63, 3.8) is 0 Å². The quantitative estimate of drug-likeness (QED) is 0.616. The zero-order valence-corrected chi connectivity index (χ0v) is 19.3. The van der Waals surface area contributed by atoms with Crippen LogP contribution in [0.3, 0.4) is 0 Å². The molecule has 2 aromatic carbocycles. The number of rotatable bonds is 4. The number of halogens is 1. The molecule has 8 heteroatoms. The molecule has 0 spiro atoms. The Labute approximate surface area is 198 Å². The fraction of sp³-hybridized carbons (Fsp3) is 0.346.